The summed E-state index contributed by atoms with van der Waals surface area (Å²) < 4.78 is 6.12. The summed E-state index contributed by atoms with van der Waals surface area (Å²) in [5.41, 5.74) is 0.937. The second-order valence-electron chi connectivity index (χ2n) is 8.52. The van der Waals surface area contributed by atoms with Crippen molar-refractivity contribution in [2.75, 3.05) is 0 Å². The maximum absolute atomic E-state index is 12.8. The second-order valence-corrected chi connectivity index (χ2v) is 9.43. The Labute approximate surface area is 208 Å². The molecule has 1 saturated heterocycles. The van der Waals surface area contributed by atoms with Crippen molar-refractivity contribution in [3.63, 3.8) is 0 Å². The Morgan fingerprint density at radius 3 is 2.37 bits per heavy atom. The Morgan fingerprint density at radius 1 is 1.09 bits per heavy atom. The van der Waals surface area contributed by atoms with Gasteiger partial charge >= 0.3 is 5.97 Å². The number of benzene rings is 2. The van der Waals surface area contributed by atoms with Gasteiger partial charge in [-0.25, -0.2) is 4.79 Å². The third kappa shape index (κ3) is 4.32. The highest BCUT2D eigenvalue weighted by molar-refractivity contribution is 9.10. The van der Waals surface area contributed by atoms with Crippen LogP contribution in [-0.4, -0.2) is 33.9 Å². The van der Waals surface area contributed by atoms with Gasteiger partial charge in [0.25, 0.3) is 17.5 Å². The van der Waals surface area contributed by atoms with Gasteiger partial charge in [0.2, 0.25) is 0 Å². The molecule has 3 aliphatic rings. The average Bonchev–Trinajstić information content (AvgIpc) is 3.52. The van der Waals surface area contributed by atoms with Crippen molar-refractivity contribution in [3.8, 4) is 5.75 Å². The normalized spacial score (nSPS) is 24.7. The summed E-state index contributed by atoms with van der Waals surface area (Å²) in [5.74, 6) is -1.60. The molecule has 2 amide bonds. The molecule has 9 nitrogen and oxygen atoms in total. The van der Waals surface area contributed by atoms with Crippen molar-refractivity contribution in [3.05, 3.63) is 86.4 Å². The smallest absolute Gasteiger partial charge is 0.336 e. The van der Waals surface area contributed by atoms with Gasteiger partial charge in [-0.15, -0.1) is 0 Å². The molecule has 0 N–H and O–H groups in total. The largest absolute Gasteiger partial charge is 0.423 e. The first-order valence-corrected chi connectivity index (χ1v) is 11.6. The molecule has 0 aromatic heterocycles. The SMILES string of the molecule is O=C(/C=C/c1ccc([N+](=O)[O-])cc1)Oc1ccc(Br)cc1C=NN1C(=O)[C@@H]2[C@H](C1=O)[C@H]1C=C[C@H]2C1. The van der Waals surface area contributed by atoms with Crippen molar-refractivity contribution < 1.29 is 24.0 Å². The lowest BCUT2D eigenvalue weighted by molar-refractivity contribution is -0.384. The number of nitro groups is 1. The van der Waals surface area contributed by atoms with E-state index in [1.54, 1.807) is 18.2 Å². The number of esters is 1. The van der Waals surface area contributed by atoms with E-state index in [0.29, 0.717) is 15.6 Å². The second kappa shape index (κ2) is 9.03. The number of imide groups is 1. The number of ether oxygens (including phenoxy) is 1. The van der Waals surface area contributed by atoms with Gasteiger partial charge in [0.05, 0.1) is 23.0 Å². The Kier molecular flexibility index (Phi) is 5.89. The predicted octanol–water partition coefficient (Wildman–Crippen LogP) is 4.12. The highest BCUT2D eigenvalue weighted by Crippen LogP contribution is 2.52. The molecule has 2 aromatic carbocycles. The fourth-order valence-corrected chi connectivity index (χ4v) is 5.23. The molecular weight excluding hydrogens is 518 g/mol. The number of rotatable bonds is 6. The Morgan fingerprint density at radius 2 is 1.74 bits per heavy atom. The van der Waals surface area contributed by atoms with Gasteiger partial charge in [-0.05, 0) is 60.2 Å². The number of carbonyl (C=O) groups excluding carboxylic acids is 3. The minimum atomic E-state index is -0.675. The van der Waals surface area contributed by atoms with Crippen LogP contribution in [0, 0.1) is 33.8 Å². The van der Waals surface area contributed by atoms with Crippen LogP contribution in [0.4, 0.5) is 5.69 Å². The van der Waals surface area contributed by atoms with E-state index in [-0.39, 0.29) is 46.9 Å². The zero-order chi connectivity index (χ0) is 24.7. The number of hydrazone groups is 1. The molecule has 0 spiro atoms. The van der Waals surface area contributed by atoms with Gasteiger partial charge in [0.15, 0.2) is 0 Å². The van der Waals surface area contributed by atoms with Crippen LogP contribution in [0.5, 0.6) is 5.75 Å². The number of amides is 2. The van der Waals surface area contributed by atoms with Crippen LogP contribution in [0.25, 0.3) is 6.08 Å². The van der Waals surface area contributed by atoms with E-state index in [0.717, 1.165) is 11.4 Å². The third-order valence-corrected chi connectivity index (χ3v) is 6.95. The first-order valence-electron chi connectivity index (χ1n) is 10.9. The fourth-order valence-electron chi connectivity index (χ4n) is 4.85. The van der Waals surface area contributed by atoms with Gasteiger partial charge in [-0.2, -0.15) is 10.1 Å². The number of nitro benzene ring substituents is 1. The van der Waals surface area contributed by atoms with E-state index in [9.17, 15) is 24.5 Å². The summed E-state index contributed by atoms with van der Waals surface area (Å²) in [4.78, 5) is 48.3. The summed E-state index contributed by atoms with van der Waals surface area (Å²) in [5, 5.41) is 15.8. The molecular formula is C25H18BrN3O6. The van der Waals surface area contributed by atoms with Crippen LogP contribution in [-0.2, 0) is 14.4 Å². The molecule has 1 saturated carbocycles. The quantitative estimate of drug-likeness (QED) is 0.0801. The molecule has 4 atom stereocenters. The first kappa shape index (κ1) is 22.9. The fraction of sp³-hybridized carbons (Fsp3) is 0.200. The van der Waals surface area contributed by atoms with Crippen molar-refractivity contribution >= 4 is 51.7 Å². The number of hydrogen-bond donors (Lipinski definition) is 0. The van der Waals surface area contributed by atoms with Crippen LogP contribution < -0.4 is 4.74 Å². The molecule has 2 aromatic rings. The van der Waals surface area contributed by atoms with Crippen LogP contribution in [0.2, 0.25) is 0 Å². The van der Waals surface area contributed by atoms with Crippen molar-refractivity contribution in [1.82, 2.24) is 5.01 Å². The summed E-state index contributed by atoms with van der Waals surface area (Å²) in [6, 6.07) is 10.6. The zero-order valence-electron chi connectivity index (χ0n) is 18.1. The lowest BCUT2D eigenvalue weighted by Crippen LogP contribution is -2.28. The Bertz CT molecular complexity index is 1300. The summed E-state index contributed by atoms with van der Waals surface area (Å²) >= 11 is 3.36. The van der Waals surface area contributed by atoms with E-state index < -0.39 is 10.9 Å². The molecule has 0 radical (unpaired) electrons. The predicted molar refractivity (Wildman–Crippen MR) is 129 cm³/mol. The van der Waals surface area contributed by atoms with E-state index in [1.165, 1.54) is 42.6 Å². The van der Waals surface area contributed by atoms with E-state index in [1.807, 2.05) is 12.2 Å². The highest BCUT2D eigenvalue weighted by atomic mass is 79.9. The number of allylic oxidation sites excluding steroid dienone is 2. The lowest BCUT2D eigenvalue weighted by Gasteiger charge is -2.13. The Balaban J connectivity index is 1.30. The van der Waals surface area contributed by atoms with Crippen LogP contribution >= 0.6 is 15.9 Å². The van der Waals surface area contributed by atoms with Gasteiger partial charge < -0.3 is 4.74 Å². The van der Waals surface area contributed by atoms with E-state index >= 15 is 0 Å². The molecule has 0 unspecified atom stereocenters. The van der Waals surface area contributed by atoms with Gasteiger partial charge in [-0.1, -0.05) is 28.1 Å². The minimum absolute atomic E-state index is 0.0500. The monoisotopic (exact) mass is 535 g/mol. The van der Waals surface area contributed by atoms with E-state index in [4.69, 9.17) is 4.74 Å². The zero-order valence-corrected chi connectivity index (χ0v) is 19.7. The molecule has 35 heavy (non-hydrogen) atoms. The van der Waals surface area contributed by atoms with Gasteiger partial charge in [-0.3, -0.25) is 19.7 Å². The van der Waals surface area contributed by atoms with Crippen LogP contribution in [0.1, 0.15) is 17.5 Å². The summed E-state index contributed by atoms with van der Waals surface area (Å²) in [6.45, 7) is 0. The topological polar surface area (TPSA) is 119 Å². The molecule has 2 fully saturated rings. The third-order valence-electron chi connectivity index (χ3n) is 6.46. The van der Waals surface area contributed by atoms with Crippen molar-refractivity contribution in [1.29, 1.82) is 0 Å². The lowest BCUT2D eigenvalue weighted by atomic mass is 9.85. The molecule has 2 aliphatic carbocycles. The number of fused-ring (bicyclic) bond motifs is 5. The van der Waals surface area contributed by atoms with Gasteiger partial charge in [0.1, 0.15) is 5.75 Å². The van der Waals surface area contributed by atoms with Crippen LogP contribution in [0.15, 0.2) is 70.3 Å². The van der Waals surface area contributed by atoms with E-state index in [2.05, 4.69) is 21.0 Å². The van der Waals surface area contributed by atoms with Crippen molar-refractivity contribution in [2.45, 2.75) is 6.42 Å². The molecule has 176 valence electrons. The minimum Gasteiger partial charge on any atom is -0.423 e. The molecule has 10 heteroatoms. The number of hydrogen-bond acceptors (Lipinski definition) is 7. The number of nitrogens with zero attached hydrogens (tertiary/aromatic N) is 3. The average molecular weight is 536 g/mol. The molecule has 2 bridgehead atoms. The maximum atomic E-state index is 12.8. The Hall–Kier alpha value is -3.92. The maximum Gasteiger partial charge on any atom is 0.336 e. The van der Waals surface area contributed by atoms with Gasteiger partial charge in [0, 0.05) is 28.2 Å². The molecule has 1 aliphatic heterocycles. The standard InChI is InChI=1S/C25H18BrN3O6/c26-18-6-9-20(35-21(30)10-3-14-1-7-19(8-2-14)29(33)34)17(12-18)13-27-28-24(31)22-15-4-5-16(11-15)23(22)25(28)32/h1-10,12-13,15-16,22-23H,11H2/b10-3+,27-13?/t15-,16-,22-,23+/m0/s1. The highest BCUT2D eigenvalue weighted by Gasteiger charge is 2.59. The summed E-state index contributed by atoms with van der Waals surface area (Å²) in [6.07, 6.45) is 8.87. The number of non-ortho nitro benzene ring substituents is 1. The molecule has 1 heterocycles. The first-order chi connectivity index (χ1) is 16.8. The van der Waals surface area contributed by atoms with Crippen molar-refractivity contribution in [2.24, 2.45) is 28.8 Å². The number of halogens is 1. The summed E-state index contributed by atoms with van der Waals surface area (Å²) in [7, 11) is 0. The van der Waals surface area contributed by atoms with Crippen LogP contribution in [0.3, 0.4) is 0 Å². The number of carbonyl (C=O) groups is 3. The molecule has 5 rings (SSSR count).